The molecule has 0 saturated heterocycles. The van der Waals surface area contributed by atoms with Crippen molar-refractivity contribution >= 4 is 11.6 Å². The van der Waals surface area contributed by atoms with Gasteiger partial charge in [0, 0.05) is 11.3 Å². The monoisotopic (exact) mass is 294 g/mol. The molecule has 3 rings (SSSR count). The van der Waals surface area contributed by atoms with Gasteiger partial charge in [0.2, 0.25) is 0 Å². The molecule has 1 aliphatic heterocycles. The average Bonchev–Trinajstić information content (AvgIpc) is 2.55. The molecule has 112 valence electrons. The minimum absolute atomic E-state index is 0.179. The molecule has 0 aromatic heterocycles. The zero-order valence-corrected chi connectivity index (χ0v) is 12.6. The van der Waals surface area contributed by atoms with E-state index < -0.39 is 0 Å². The zero-order chi connectivity index (χ0) is 15.5. The number of carbonyl (C=O) groups excluding carboxylic acids is 1. The second-order valence-corrected chi connectivity index (χ2v) is 5.21. The lowest BCUT2D eigenvalue weighted by Crippen LogP contribution is -2.42. The van der Waals surface area contributed by atoms with Crippen LogP contribution in [0.5, 0.6) is 5.75 Å². The minimum Gasteiger partial charge on any atom is -0.497 e. The van der Waals surface area contributed by atoms with Crippen LogP contribution >= 0.6 is 0 Å². The van der Waals surface area contributed by atoms with E-state index in [-0.39, 0.29) is 12.1 Å². The van der Waals surface area contributed by atoms with Gasteiger partial charge >= 0.3 is 6.03 Å². The summed E-state index contributed by atoms with van der Waals surface area (Å²) in [5, 5.41) is 5.86. The van der Waals surface area contributed by atoms with E-state index in [4.69, 9.17) is 4.74 Å². The topological polar surface area (TPSA) is 50.4 Å². The Morgan fingerprint density at radius 1 is 1.00 bits per heavy atom. The molecule has 4 heteroatoms. The van der Waals surface area contributed by atoms with Crippen LogP contribution in [0.25, 0.3) is 5.57 Å². The summed E-state index contributed by atoms with van der Waals surface area (Å²) < 4.78 is 5.20. The fraction of sp³-hybridized carbons (Fsp3) is 0.167. The lowest BCUT2D eigenvalue weighted by atomic mass is 9.90. The van der Waals surface area contributed by atoms with Crippen molar-refractivity contribution in [3.05, 3.63) is 71.4 Å². The number of carbonyl (C=O) groups is 1. The minimum atomic E-state index is -0.182. The molecular formula is C18H18N2O2. The third kappa shape index (κ3) is 2.68. The van der Waals surface area contributed by atoms with Gasteiger partial charge in [-0.2, -0.15) is 0 Å². The molecule has 1 unspecified atom stereocenters. The second-order valence-electron chi connectivity index (χ2n) is 5.21. The van der Waals surface area contributed by atoms with E-state index in [1.54, 1.807) is 7.11 Å². The Kier molecular flexibility index (Phi) is 3.83. The summed E-state index contributed by atoms with van der Waals surface area (Å²) in [6.07, 6.45) is 0. The smallest absolute Gasteiger partial charge is 0.319 e. The molecule has 2 aromatic rings. The molecule has 2 N–H and O–H groups in total. The molecule has 2 aromatic carbocycles. The van der Waals surface area contributed by atoms with Crippen LogP contribution < -0.4 is 15.4 Å². The van der Waals surface area contributed by atoms with Crippen LogP contribution in [0.15, 0.2) is 60.3 Å². The Hall–Kier alpha value is -2.75. The van der Waals surface area contributed by atoms with Crippen molar-refractivity contribution in [2.24, 2.45) is 0 Å². The van der Waals surface area contributed by atoms with Crippen LogP contribution in [-0.4, -0.2) is 13.1 Å². The third-order valence-electron chi connectivity index (χ3n) is 3.80. The number of nitrogens with one attached hydrogen (secondary N) is 2. The number of allylic oxidation sites excluding steroid dienone is 1. The van der Waals surface area contributed by atoms with Gasteiger partial charge in [-0.3, -0.25) is 0 Å². The first kappa shape index (κ1) is 14.2. The van der Waals surface area contributed by atoms with Gasteiger partial charge in [-0.05, 0) is 30.2 Å². The maximum absolute atomic E-state index is 11.9. The van der Waals surface area contributed by atoms with E-state index in [0.717, 1.165) is 28.1 Å². The first-order valence-electron chi connectivity index (χ1n) is 7.16. The summed E-state index contributed by atoms with van der Waals surface area (Å²) >= 11 is 0. The fourth-order valence-corrected chi connectivity index (χ4v) is 2.74. The number of hydrogen-bond acceptors (Lipinski definition) is 2. The zero-order valence-electron chi connectivity index (χ0n) is 12.6. The number of methoxy groups -OCH3 is 1. The molecular weight excluding hydrogens is 276 g/mol. The SMILES string of the molecule is COc1ccc(C2NC(=O)NC(C)=C2c2ccccc2)cc1. The third-order valence-corrected chi connectivity index (χ3v) is 3.80. The molecule has 0 spiro atoms. The summed E-state index contributed by atoms with van der Waals surface area (Å²) in [5.41, 5.74) is 4.06. The number of hydrogen-bond donors (Lipinski definition) is 2. The average molecular weight is 294 g/mol. The van der Waals surface area contributed by atoms with Crippen LogP contribution in [0.4, 0.5) is 4.79 Å². The van der Waals surface area contributed by atoms with Crippen molar-refractivity contribution in [1.82, 2.24) is 10.6 Å². The molecule has 1 aliphatic rings. The summed E-state index contributed by atoms with van der Waals surface area (Å²) in [6.45, 7) is 1.93. The number of rotatable bonds is 3. The Morgan fingerprint density at radius 2 is 1.68 bits per heavy atom. The highest BCUT2D eigenvalue weighted by Crippen LogP contribution is 2.34. The summed E-state index contributed by atoms with van der Waals surface area (Å²) in [6, 6.07) is 17.5. The van der Waals surface area contributed by atoms with E-state index in [9.17, 15) is 4.79 Å². The number of urea groups is 1. The van der Waals surface area contributed by atoms with Crippen LogP contribution in [0, 0.1) is 0 Å². The van der Waals surface area contributed by atoms with Crippen LogP contribution in [0.1, 0.15) is 24.1 Å². The number of benzene rings is 2. The summed E-state index contributed by atoms with van der Waals surface area (Å²) in [7, 11) is 1.64. The van der Waals surface area contributed by atoms with Crippen LogP contribution in [-0.2, 0) is 0 Å². The highest BCUT2D eigenvalue weighted by molar-refractivity contribution is 5.88. The molecule has 0 fully saturated rings. The molecule has 0 saturated carbocycles. The summed E-state index contributed by atoms with van der Waals surface area (Å²) in [5.74, 6) is 0.797. The molecule has 0 radical (unpaired) electrons. The predicted molar refractivity (Wildman–Crippen MR) is 86.4 cm³/mol. The van der Waals surface area contributed by atoms with Gasteiger partial charge in [-0.25, -0.2) is 4.79 Å². The Morgan fingerprint density at radius 3 is 2.32 bits per heavy atom. The summed E-state index contributed by atoms with van der Waals surface area (Å²) in [4.78, 5) is 11.9. The van der Waals surface area contributed by atoms with Crippen molar-refractivity contribution in [3.63, 3.8) is 0 Å². The van der Waals surface area contributed by atoms with E-state index in [2.05, 4.69) is 22.8 Å². The van der Waals surface area contributed by atoms with Gasteiger partial charge < -0.3 is 15.4 Å². The molecule has 1 atom stereocenters. The van der Waals surface area contributed by atoms with Crippen molar-refractivity contribution in [3.8, 4) is 5.75 Å². The first-order valence-corrected chi connectivity index (χ1v) is 7.16. The van der Waals surface area contributed by atoms with Gasteiger partial charge in [-0.1, -0.05) is 42.5 Å². The lowest BCUT2D eigenvalue weighted by Gasteiger charge is -2.29. The van der Waals surface area contributed by atoms with Crippen LogP contribution in [0.2, 0.25) is 0 Å². The predicted octanol–water partition coefficient (Wildman–Crippen LogP) is 3.48. The molecule has 1 heterocycles. The van der Waals surface area contributed by atoms with Crippen LogP contribution in [0.3, 0.4) is 0 Å². The van der Waals surface area contributed by atoms with Gasteiger partial charge in [-0.15, -0.1) is 0 Å². The molecule has 4 nitrogen and oxygen atoms in total. The quantitative estimate of drug-likeness (QED) is 0.910. The number of ether oxygens (including phenoxy) is 1. The van der Waals surface area contributed by atoms with E-state index >= 15 is 0 Å². The van der Waals surface area contributed by atoms with E-state index in [1.807, 2.05) is 49.4 Å². The van der Waals surface area contributed by atoms with Crippen molar-refractivity contribution in [2.75, 3.05) is 7.11 Å². The fourth-order valence-electron chi connectivity index (χ4n) is 2.74. The molecule has 0 bridgehead atoms. The standard InChI is InChI=1S/C18H18N2O2/c1-12-16(13-6-4-3-5-7-13)17(20-18(21)19-12)14-8-10-15(22-2)11-9-14/h3-11,17H,1-2H3,(H2,19,20,21). The van der Waals surface area contributed by atoms with Crippen molar-refractivity contribution < 1.29 is 9.53 Å². The number of amides is 2. The molecule has 22 heavy (non-hydrogen) atoms. The molecule has 2 amide bonds. The Labute approximate surface area is 129 Å². The largest absolute Gasteiger partial charge is 0.497 e. The van der Waals surface area contributed by atoms with Crippen molar-refractivity contribution in [1.29, 1.82) is 0 Å². The molecule has 0 aliphatic carbocycles. The second kappa shape index (κ2) is 5.93. The van der Waals surface area contributed by atoms with Gasteiger partial charge in [0.1, 0.15) is 5.75 Å². The Bertz CT molecular complexity index is 706. The van der Waals surface area contributed by atoms with Crippen molar-refractivity contribution in [2.45, 2.75) is 13.0 Å². The van der Waals surface area contributed by atoms with Gasteiger partial charge in [0.15, 0.2) is 0 Å². The Balaban J connectivity index is 2.06. The highest BCUT2D eigenvalue weighted by Gasteiger charge is 2.27. The normalized spacial score (nSPS) is 17.7. The lowest BCUT2D eigenvalue weighted by molar-refractivity contribution is 0.240. The van der Waals surface area contributed by atoms with E-state index in [0.29, 0.717) is 0 Å². The maximum atomic E-state index is 11.9. The van der Waals surface area contributed by atoms with Gasteiger partial charge in [0.25, 0.3) is 0 Å². The maximum Gasteiger partial charge on any atom is 0.319 e. The highest BCUT2D eigenvalue weighted by atomic mass is 16.5. The van der Waals surface area contributed by atoms with Gasteiger partial charge in [0.05, 0.1) is 13.2 Å². The first-order chi connectivity index (χ1) is 10.7. The van der Waals surface area contributed by atoms with E-state index in [1.165, 1.54) is 0 Å².